The van der Waals surface area contributed by atoms with E-state index in [9.17, 15) is 19.7 Å². The monoisotopic (exact) mass is 350 g/mol. The molecule has 0 bridgehead atoms. The van der Waals surface area contributed by atoms with Crippen LogP contribution in [0.3, 0.4) is 0 Å². The number of thioether (sulfide) groups is 1. The van der Waals surface area contributed by atoms with E-state index in [0.717, 1.165) is 0 Å². The molecule has 126 valence electrons. The predicted molar refractivity (Wildman–Crippen MR) is 84.6 cm³/mol. The summed E-state index contributed by atoms with van der Waals surface area (Å²) in [6.45, 7) is 1.73. The van der Waals surface area contributed by atoms with Crippen molar-refractivity contribution in [3.8, 4) is 0 Å². The third-order valence-corrected chi connectivity index (χ3v) is 5.08. The Morgan fingerprint density at radius 3 is 2.62 bits per heavy atom. The van der Waals surface area contributed by atoms with E-state index >= 15 is 0 Å². The third kappa shape index (κ3) is 2.65. The third-order valence-electron chi connectivity index (χ3n) is 3.83. The summed E-state index contributed by atoms with van der Waals surface area (Å²) in [5.41, 5.74) is 0.833. The van der Waals surface area contributed by atoms with Gasteiger partial charge < -0.3 is 9.47 Å². The molecule has 2 aliphatic heterocycles. The van der Waals surface area contributed by atoms with E-state index in [1.54, 1.807) is 6.92 Å². The number of benzene rings is 1. The van der Waals surface area contributed by atoms with Crippen molar-refractivity contribution in [2.75, 3.05) is 7.11 Å². The molecule has 0 aliphatic carbocycles. The summed E-state index contributed by atoms with van der Waals surface area (Å²) in [5, 5.41) is 10.4. The Labute approximate surface area is 141 Å². The number of nitrogens with zero attached hydrogens (tertiary/aromatic N) is 2. The van der Waals surface area contributed by atoms with Crippen LogP contribution in [0.15, 0.2) is 34.9 Å². The number of ether oxygens (including phenoxy) is 2. The average Bonchev–Trinajstić information content (AvgIpc) is 2.86. The molecule has 8 nitrogen and oxygen atoms in total. The smallest absolute Gasteiger partial charge is 0.356 e. The number of hydrogen-bond acceptors (Lipinski definition) is 7. The number of non-ortho nitro benzene ring substituents is 1. The molecule has 1 fully saturated rings. The Morgan fingerprint density at radius 1 is 1.38 bits per heavy atom. The molecule has 9 heteroatoms. The molecule has 0 radical (unpaired) electrons. The number of hydrogen-bond donors (Lipinski definition) is 0. The van der Waals surface area contributed by atoms with E-state index in [2.05, 4.69) is 0 Å². The van der Waals surface area contributed by atoms with Crippen LogP contribution in [-0.2, 0) is 25.7 Å². The first-order valence-electron chi connectivity index (χ1n) is 7.08. The number of β-lactam (4-membered cyclic amide) rings is 1. The van der Waals surface area contributed by atoms with Gasteiger partial charge in [0.1, 0.15) is 17.7 Å². The van der Waals surface area contributed by atoms with Gasteiger partial charge in [0.05, 0.1) is 4.92 Å². The highest BCUT2D eigenvalue weighted by molar-refractivity contribution is 8.04. The largest absolute Gasteiger partial charge is 0.456 e. The zero-order valence-electron chi connectivity index (χ0n) is 12.9. The Kier molecular flexibility index (Phi) is 4.29. The van der Waals surface area contributed by atoms with Crippen LogP contribution >= 0.6 is 11.8 Å². The van der Waals surface area contributed by atoms with E-state index < -0.39 is 17.0 Å². The number of carbonyl (C=O) groups is 2. The fraction of sp³-hybridized carbons (Fsp3) is 0.333. The fourth-order valence-electron chi connectivity index (χ4n) is 2.59. The van der Waals surface area contributed by atoms with Gasteiger partial charge in [0, 0.05) is 24.1 Å². The van der Waals surface area contributed by atoms with Crippen LogP contribution in [0.5, 0.6) is 0 Å². The summed E-state index contributed by atoms with van der Waals surface area (Å²) in [6.07, 6.45) is -0.537. The summed E-state index contributed by atoms with van der Waals surface area (Å²) in [6, 6.07) is 5.73. The van der Waals surface area contributed by atoms with Gasteiger partial charge in [0.25, 0.3) is 11.6 Å². The molecule has 1 aromatic rings. The van der Waals surface area contributed by atoms with Crippen LogP contribution < -0.4 is 0 Å². The minimum atomic E-state index is -0.594. The second kappa shape index (κ2) is 6.25. The van der Waals surface area contributed by atoms with Crippen LogP contribution in [-0.4, -0.2) is 40.3 Å². The van der Waals surface area contributed by atoms with Crippen molar-refractivity contribution in [2.24, 2.45) is 0 Å². The first kappa shape index (κ1) is 16.5. The molecule has 0 saturated carbocycles. The molecule has 0 spiro atoms. The predicted octanol–water partition coefficient (Wildman–Crippen LogP) is 1.80. The maximum absolute atomic E-state index is 12.3. The normalized spacial score (nSPS) is 22.2. The number of methoxy groups -OCH3 is 1. The Morgan fingerprint density at radius 2 is 2.04 bits per heavy atom. The maximum Gasteiger partial charge on any atom is 0.356 e. The lowest BCUT2D eigenvalue weighted by atomic mass is 10.1. The van der Waals surface area contributed by atoms with Crippen molar-refractivity contribution in [3.63, 3.8) is 0 Å². The summed E-state index contributed by atoms with van der Waals surface area (Å²) in [5.74, 6) is -0.849. The van der Waals surface area contributed by atoms with E-state index in [4.69, 9.17) is 9.47 Å². The molecule has 1 saturated heterocycles. The quantitative estimate of drug-likeness (QED) is 0.345. The van der Waals surface area contributed by atoms with Crippen LogP contribution in [0, 0.1) is 10.1 Å². The molecule has 2 aliphatic rings. The maximum atomic E-state index is 12.3. The topological polar surface area (TPSA) is 99.0 Å². The lowest BCUT2D eigenvalue weighted by molar-refractivity contribution is -0.384. The molecule has 0 aromatic heterocycles. The number of nitro benzene ring substituents is 1. The molecular weight excluding hydrogens is 336 g/mol. The molecule has 1 aromatic carbocycles. The minimum absolute atomic E-state index is 0.0291. The summed E-state index contributed by atoms with van der Waals surface area (Å²) < 4.78 is 10.3. The van der Waals surface area contributed by atoms with Gasteiger partial charge in [0.2, 0.25) is 0 Å². The molecule has 0 N–H and O–H groups in total. The summed E-state index contributed by atoms with van der Waals surface area (Å²) in [7, 11) is 1.46. The van der Waals surface area contributed by atoms with Crippen molar-refractivity contribution >= 4 is 29.3 Å². The van der Waals surface area contributed by atoms with Crippen molar-refractivity contribution in [2.45, 2.75) is 25.0 Å². The van der Waals surface area contributed by atoms with Crippen LogP contribution in [0.2, 0.25) is 0 Å². The molecule has 2 heterocycles. The van der Waals surface area contributed by atoms with E-state index in [-0.39, 0.29) is 29.3 Å². The molecular formula is C15H14N2O6S. The van der Waals surface area contributed by atoms with Crippen molar-refractivity contribution in [1.82, 2.24) is 4.90 Å². The molecule has 2 atom stereocenters. The number of amides is 1. The van der Waals surface area contributed by atoms with Crippen molar-refractivity contribution in [1.29, 1.82) is 0 Å². The van der Waals surface area contributed by atoms with Gasteiger partial charge in [-0.3, -0.25) is 19.8 Å². The lowest BCUT2D eigenvalue weighted by Gasteiger charge is -2.41. The second-order valence-corrected chi connectivity index (χ2v) is 6.61. The van der Waals surface area contributed by atoms with E-state index in [1.807, 2.05) is 0 Å². The number of esters is 1. The number of carbonyl (C=O) groups excluding carboxylic acids is 2. The van der Waals surface area contributed by atoms with Crippen LogP contribution in [0.1, 0.15) is 12.5 Å². The highest BCUT2D eigenvalue weighted by atomic mass is 32.2. The van der Waals surface area contributed by atoms with Gasteiger partial charge in [0.15, 0.2) is 6.10 Å². The van der Waals surface area contributed by atoms with Crippen LogP contribution in [0.4, 0.5) is 5.69 Å². The van der Waals surface area contributed by atoms with Gasteiger partial charge in [-0.15, -0.1) is 0 Å². The van der Waals surface area contributed by atoms with Crippen molar-refractivity contribution in [3.05, 3.63) is 50.5 Å². The highest BCUT2D eigenvalue weighted by Crippen LogP contribution is 2.47. The first-order chi connectivity index (χ1) is 11.4. The highest BCUT2D eigenvalue weighted by Gasteiger charge is 2.56. The van der Waals surface area contributed by atoms with Crippen molar-refractivity contribution < 1.29 is 24.0 Å². The Hall–Kier alpha value is -2.39. The number of nitro groups is 1. The molecule has 24 heavy (non-hydrogen) atoms. The van der Waals surface area contributed by atoms with Crippen LogP contribution in [0.25, 0.3) is 0 Å². The molecule has 0 unspecified atom stereocenters. The zero-order chi connectivity index (χ0) is 17.4. The lowest BCUT2D eigenvalue weighted by Crippen LogP contribution is -2.61. The minimum Gasteiger partial charge on any atom is -0.456 e. The van der Waals surface area contributed by atoms with Gasteiger partial charge >= 0.3 is 5.97 Å². The first-order valence-corrected chi connectivity index (χ1v) is 7.96. The fourth-order valence-corrected chi connectivity index (χ4v) is 3.91. The summed E-state index contributed by atoms with van der Waals surface area (Å²) in [4.78, 5) is 36.5. The van der Waals surface area contributed by atoms with E-state index in [0.29, 0.717) is 10.5 Å². The second-order valence-electron chi connectivity index (χ2n) is 5.28. The Balaban J connectivity index is 1.64. The number of fused-ring (bicyclic) bond motifs is 1. The van der Waals surface area contributed by atoms with E-state index in [1.165, 1.54) is 48.0 Å². The number of rotatable bonds is 5. The Bertz CT molecular complexity index is 745. The molecule has 3 rings (SSSR count). The van der Waals surface area contributed by atoms with Gasteiger partial charge in [-0.1, -0.05) is 11.8 Å². The van der Waals surface area contributed by atoms with Gasteiger partial charge in [-0.25, -0.2) is 4.79 Å². The standard InChI is InChI=1S/C15H14N2O6S/c1-8-11(16-13(18)12(22-2)14(16)24-8)15(19)23-7-9-3-5-10(6-4-9)17(20)21/h3-6,12,14H,7H2,1-2H3/t12-,14+/m0/s1. The molecule has 1 amide bonds. The summed E-state index contributed by atoms with van der Waals surface area (Å²) >= 11 is 1.40. The average molecular weight is 350 g/mol. The van der Waals surface area contributed by atoms with Gasteiger partial charge in [-0.05, 0) is 24.6 Å². The SMILES string of the molecule is CO[C@H]1C(=O)N2C(C(=O)OCc3ccc([N+](=O)[O-])cc3)=C(C)S[C@H]12. The van der Waals surface area contributed by atoms with Gasteiger partial charge in [-0.2, -0.15) is 0 Å². The number of allylic oxidation sites excluding steroid dienone is 1. The zero-order valence-corrected chi connectivity index (χ0v) is 13.7.